The van der Waals surface area contributed by atoms with Crippen molar-refractivity contribution >= 4 is 27.2 Å². The molecule has 2 heterocycles. The van der Waals surface area contributed by atoms with Crippen LogP contribution in [0.4, 0.5) is 5.69 Å². The first kappa shape index (κ1) is 16.7. The molecule has 0 aliphatic heterocycles. The average Bonchev–Trinajstić information content (AvgIpc) is 3.00. The third-order valence-electron chi connectivity index (χ3n) is 4.63. The second-order valence-corrected chi connectivity index (χ2v) is 7.49. The molecule has 134 valence electrons. The summed E-state index contributed by atoms with van der Waals surface area (Å²) < 4.78 is 11.0. The van der Waals surface area contributed by atoms with Gasteiger partial charge in [0.15, 0.2) is 0 Å². The molecule has 0 unspecified atom stereocenters. The normalized spacial score (nSPS) is 16.3. The van der Waals surface area contributed by atoms with Gasteiger partial charge in [0.25, 0.3) is 0 Å². The van der Waals surface area contributed by atoms with Crippen molar-refractivity contribution in [2.45, 2.75) is 26.2 Å². The molecular weight excluding hydrogens is 354 g/mol. The molecule has 1 aromatic carbocycles. The Hall–Kier alpha value is -2.74. The third kappa shape index (κ3) is 2.86. The number of benzene rings is 1. The van der Waals surface area contributed by atoms with Gasteiger partial charge in [-0.05, 0) is 42.9 Å². The van der Waals surface area contributed by atoms with Gasteiger partial charge in [0, 0.05) is 4.88 Å². The molecule has 2 aromatic heterocycles. The van der Waals surface area contributed by atoms with Crippen LogP contribution in [0, 0.1) is 16.0 Å². The lowest BCUT2D eigenvalue weighted by molar-refractivity contribution is -0.385. The van der Waals surface area contributed by atoms with E-state index in [1.165, 1.54) is 36.0 Å². The summed E-state index contributed by atoms with van der Waals surface area (Å²) in [4.78, 5) is 21.7. The summed E-state index contributed by atoms with van der Waals surface area (Å²) in [6, 6.07) is 4.51. The van der Waals surface area contributed by atoms with E-state index >= 15 is 0 Å². The van der Waals surface area contributed by atoms with Crippen LogP contribution in [-0.2, 0) is 12.8 Å². The van der Waals surface area contributed by atoms with E-state index in [0.717, 1.165) is 29.5 Å². The summed E-state index contributed by atoms with van der Waals surface area (Å²) in [6.45, 7) is 2.25. The lowest BCUT2D eigenvalue weighted by Crippen LogP contribution is -2.08. The van der Waals surface area contributed by atoms with Crippen molar-refractivity contribution < 1.29 is 14.4 Å². The Morgan fingerprint density at radius 2 is 2.19 bits per heavy atom. The predicted octanol–water partition coefficient (Wildman–Crippen LogP) is 4.53. The lowest BCUT2D eigenvalue weighted by Gasteiger charge is -2.18. The Morgan fingerprint density at radius 3 is 2.96 bits per heavy atom. The molecule has 0 N–H and O–H groups in total. The van der Waals surface area contributed by atoms with Gasteiger partial charge in [-0.25, -0.2) is 9.97 Å². The fourth-order valence-corrected chi connectivity index (χ4v) is 4.62. The first-order valence-electron chi connectivity index (χ1n) is 8.32. The second-order valence-electron chi connectivity index (χ2n) is 6.40. The summed E-state index contributed by atoms with van der Waals surface area (Å²) in [5.74, 6) is 1.56. The molecule has 0 bridgehead atoms. The van der Waals surface area contributed by atoms with E-state index in [2.05, 4.69) is 16.9 Å². The minimum absolute atomic E-state index is 0.139. The molecule has 0 saturated carbocycles. The van der Waals surface area contributed by atoms with Crippen LogP contribution in [0.3, 0.4) is 0 Å². The minimum Gasteiger partial charge on any atom is -0.496 e. The van der Waals surface area contributed by atoms with Gasteiger partial charge < -0.3 is 9.47 Å². The highest BCUT2D eigenvalue weighted by Gasteiger charge is 2.25. The number of hydrogen-bond acceptors (Lipinski definition) is 7. The third-order valence-corrected chi connectivity index (χ3v) is 5.79. The van der Waals surface area contributed by atoms with Crippen molar-refractivity contribution in [2.75, 3.05) is 7.11 Å². The summed E-state index contributed by atoms with van der Waals surface area (Å²) in [5, 5.41) is 12.3. The Balaban J connectivity index is 1.80. The van der Waals surface area contributed by atoms with Crippen molar-refractivity contribution in [1.82, 2.24) is 9.97 Å². The van der Waals surface area contributed by atoms with E-state index in [0.29, 0.717) is 17.5 Å². The number of ether oxygens (including phenoxy) is 2. The van der Waals surface area contributed by atoms with Gasteiger partial charge in [-0.2, -0.15) is 0 Å². The summed E-state index contributed by atoms with van der Waals surface area (Å²) >= 11 is 1.66. The number of aryl methyl sites for hydroxylation is 1. The number of thiophene rings is 1. The number of nitro groups is 1. The van der Waals surface area contributed by atoms with E-state index < -0.39 is 4.92 Å². The van der Waals surface area contributed by atoms with Crippen LogP contribution in [0.2, 0.25) is 0 Å². The van der Waals surface area contributed by atoms with Crippen molar-refractivity contribution in [3.8, 4) is 17.4 Å². The molecule has 0 fully saturated rings. The highest BCUT2D eigenvalue weighted by molar-refractivity contribution is 7.18. The maximum atomic E-state index is 11.4. The van der Waals surface area contributed by atoms with Crippen molar-refractivity contribution in [3.05, 3.63) is 45.1 Å². The van der Waals surface area contributed by atoms with Crippen LogP contribution in [-0.4, -0.2) is 22.0 Å². The van der Waals surface area contributed by atoms with Crippen molar-refractivity contribution in [2.24, 2.45) is 5.92 Å². The molecule has 8 heteroatoms. The molecule has 1 aliphatic rings. The SMILES string of the molecule is COc1ccc(Oc2ncnc3sc4c(c23)CC[C@@H](C)C4)c([N+](=O)[O-])c1. The van der Waals surface area contributed by atoms with Gasteiger partial charge in [0.2, 0.25) is 11.6 Å². The standard InChI is InChI=1S/C18H17N3O4S/c1-10-3-5-12-15(7-10)26-18-16(12)17(19-9-20-18)25-14-6-4-11(24-2)8-13(14)21(22)23/h4,6,8-10H,3,5,7H2,1-2H3/t10-/m1/s1. The summed E-state index contributed by atoms with van der Waals surface area (Å²) in [6.07, 6.45) is 4.53. The van der Waals surface area contributed by atoms with E-state index in [9.17, 15) is 10.1 Å². The van der Waals surface area contributed by atoms with Crippen LogP contribution < -0.4 is 9.47 Å². The number of hydrogen-bond donors (Lipinski definition) is 0. The Bertz CT molecular complexity index is 1000. The average molecular weight is 371 g/mol. The second kappa shape index (κ2) is 6.53. The van der Waals surface area contributed by atoms with Crippen molar-refractivity contribution in [3.63, 3.8) is 0 Å². The van der Waals surface area contributed by atoms with Crippen LogP contribution in [0.15, 0.2) is 24.5 Å². The first-order chi connectivity index (χ1) is 12.6. The molecule has 0 radical (unpaired) electrons. The summed E-state index contributed by atoms with van der Waals surface area (Å²) in [7, 11) is 1.46. The smallest absolute Gasteiger partial charge is 0.315 e. The zero-order valence-corrected chi connectivity index (χ0v) is 15.2. The molecule has 4 rings (SSSR count). The zero-order valence-electron chi connectivity index (χ0n) is 14.4. The predicted molar refractivity (Wildman–Crippen MR) is 98.3 cm³/mol. The number of fused-ring (bicyclic) bond motifs is 3. The van der Waals surface area contributed by atoms with Crippen molar-refractivity contribution in [1.29, 1.82) is 0 Å². The number of nitrogens with zero attached hydrogens (tertiary/aromatic N) is 3. The first-order valence-corrected chi connectivity index (χ1v) is 9.14. The highest BCUT2D eigenvalue weighted by atomic mass is 32.1. The van der Waals surface area contributed by atoms with E-state index in [1.54, 1.807) is 17.4 Å². The quantitative estimate of drug-likeness (QED) is 0.495. The summed E-state index contributed by atoms with van der Waals surface area (Å²) in [5.41, 5.74) is 1.06. The Labute approximate surface area is 153 Å². The number of rotatable bonds is 4. The molecule has 0 spiro atoms. The maximum Gasteiger partial charge on any atom is 0.315 e. The molecular formula is C18H17N3O4S. The number of nitro benzene ring substituents is 1. The Kier molecular flexibility index (Phi) is 4.20. The zero-order chi connectivity index (χ0) is 18.3. The van der Waals surface area contributed by atoms with Gasteiger partial charge >= 0.3 is 5.69 Å². The largest absolute Gasteiger partial charge is 0.496 e. The van der Waals surface area contributed by atoms with E-state index in [4.69, 9.17) is 9.47 Å². The topological polar surface area (TPSA) is 87.4 Å². The molecule has 7 nitrogen and oxygen atoms in total. The monoisotopic (exact) mass is 371 g/mol. The molecule has 1 atom stereocenters. The van der Waals surface area contributed by atoms with E-state index in [1.807, 2.05) is 0 Å². The molecule has 0 amide bonds. The maximum absolute atomic E-state index is 11.4. The minimum atomic E-state index is -0.485. The lowest BCUT2D eigenvalue weighted by atomic mass is 9.89. The molecule has 26 heavy (non-hydrogen) atoms. The van der Waals surface area contributed by atoms with Crippen LogP contribution in [0.1, 0.15) is 23.8 Å². The van der Waals surface area contributed by atoms with Crippen LogP contribution in [0.25, 0.3) is 10.2 Å². The van der Waals surface area contributed by atoms with Gasteiger partial charge in [-0.15, -0.1) is 11.3 Å². The fourth-order valence-electron chi connectivity index (χ4n) is 3.28. The van der Waals surface area contributed by atoms with Crippen LogP contribution >= 0.6 is 11.3 Å². The number of methoxy groups -OCH3 is 1. The highest BCUT2D eigenvalue weighted by Crippen LogP contribution is 2.42. The van der Waals surface area contributed by atoms with Gasteiger partial charge in [-0.3, -0.25) is 10.1 Å². The Morgan fingerprint density at radius 1 is 1.35 bits per heavy atom. The van der Waals surface area contributed by atoms with Gasteiger partial charge in [0.1, 0.15) is 16.9 Å². The van der Waals surface area contributed by atoms with Gasteiger partial charge in [-0.1, -0.05) is 6.92 Å². The molecule has 1 aliphatic carbocycles. The van der Waals surface area contributed by atoms with Crippen LogP contribution in [0.5, 0.6) is 17.4 Å². The molecule has 0 saturated heterocycles. The fraction of sp³-hybridized carbons (Fsp3) is 0.333. The van der Waals surface area contributed by atoms with E-state index in [-0.39, 0.29) is 11.4 Å². The number of aromatic nitrogens is 2. The molecule has 3 aromatic rings. The van der Waals surface area contributed by atoms with Gasteiger partial charge in [0.05, 0.1) is 23.5 Å².